The summed E-state index contributed by atoms with van der Waals surface area (Å²) in [5.41, 5.74) is 1.68. The lowest BCUT2D eigenvalue weighted by Crippen LogP contribution is -2.15. The first kappa shape index (κ1) is 10.8. The zero-order valence-corrected chi connectivity index (χ0v) is 8.68. The maximum Gasteiger partial charge on any atom is 0.126 e. The molecule has 1 aromatic carbocycles. The Bertz CT molecular complexity index is 320. The van der Waals surface area contributed by atoms with Gasteiger partial charge in [0.1, 0.15) is 5.82 Å². The molecule has 1 atom stereocenters. The van der Waals surface area contributed by atoms with E-state index in [-0.39, 0.29) is 11.7 Å². The smallest absolute Gasteiger partial charge is 0.126 e. The maximum absolute atomic E-state index is 13.3. The number of halogens is 1. The van der Waals surface area contributed by atoms with Gasteiger partial charge in [0.25, 0.3) is 0 Å². The van der Waals surface area contributed by atoms with Crippen LogP contribution < -0.4 is 5.32 Å². The molecule has 0 radical (unpaired) electrons. The Hall–Kier alpha value is -1.31. The van der Waals surface area contributed by atoms with Crippen molar-refractivity contribution >= 4 is 0 Å². The molecule has 14 heavy (non-hydrogen) atoms. The quantitative estimate of drug-likeness (QED) is 0.775. The molecular weight excluding hydrogens is 177 g/mol. The fourth-order valence-corrected chi connectivity index (χ4v) is 1.36. The summed E-state index contributed by atoms with van der Waals surface area (Å²) < 4.78 is 13.3. The van der Waals surface area contributed by atoms with Crippen LogP contribution in [0.2, 0.25) is 0 Å². The van der Waals surface area contributed by atoms with Gasteiger partial charge in [-0.3, -0.25) is 0 Å². The van der Waals surface area contributed by atoms with E-state index in [1.54, 1.807) is 6.07 Å². The van der Waals surface area contributed by atoms with E-state index < -0.39 is 0 Å². The standard InChI is InChI=1S/C12H16FN/c1-9(10(2)14-3)8-11-6-4-5-7-12(11)13/h4-7,9,14H,2,8H2,1,3H3. The Morgan fingerprint density at radius 1 is 1.50 bits per heavy atom. The molecule has 0 aliphatic heterocycles. The van der Waals surface area contributed by atoms with Gasteiger partial charge in [-0.2, -0.15) is 0 Å². The summed E-state index contributed by atoms with van der Waals surface area (Å²) in [6.07, 6.45) is 0.687. The zero-order chi connectivity index (χ0) is 10.6. The van der Waals surface area contributed by atoms with Crippen LogP contribution >= 0.6 is 0 Å². The first-order valence-electron chi connectivity index (χ1n) is 4.75. The van der Waals surface area contributed by atoms with Crippen LogP contribution in [0.1, 0.15) is 12.5 Å². The van der Waals surface area contributed by atoms with E-state index in [2.05, 4.69) is 11.9 Å². The summed E-state index contributed by atoms with van der Waals surface area (Å²) in [7, 11) is 1.83. The van der Waals surface area contributed by atoms with E-state index >= 15 is 0 Å². The van der Waals surface area contributed by atoms with Gasteiger partial charge in [0.15, 0.2) is 0 Å². The summed E-state index contributed by atoms with van der Waals surface area (Å²) in [5, 5.41) is 2.99. The molecule has 0 bridgehead atoms. The average molecular weight is 193 g/mol. The van der Waals surface area contributed by atoms with Crippen molar-refractivity contribution in [2.24, 2.45) is 5.92 Å². The average Bonchev–Trinajstić information content (AvgIpc) is 2.20. The molecule has 0 aliphatic rings. The highest BCUT2D eigenvalue weighted by atomic mass is 19.1. The third kappa shape index (κ3) is 2.59. The molecule has 1 N–H and O–H groups in total. The van der Waals surface area contributed by atoms with Crippen LogP contribution in [-0.2, 0) is 6.42 Å². The van der Waals surface area contributed by atoms with Crippen molar-refractivity contribution in [3.8, 4) is 0 Å². The largest absolute Gasteiger partial charge is 0.392 e. The molecule has 2 heteroatoms. The van der Waals surface area contributed by atoms with E-state index in [0.717, 1.165) is 11.3 Å². The van der Waals surface area contributed by atoms with Crippen molar-refractivity contribution in [1.29, 1.82) is 0 Å². The molecule has 0 fully saturated rings. The van der Waals surface area contributed by atoms with Gasteiger partial charge in [0, 0.05) is 12.7 Å². The predicted octanol–water partition coefficient (Wildman–Crippen LogP) is 2.74. The van der Waals surface area contributed by atoms with Gasteiger partial charge in [-0.05, 0) is 24.0 Å². The van der Waals surface area contributed by atoms with Crippen LogP contribution in [0.5, 0.6) is 0 Å². The van der Waals surface area contributed by atoms with Crippen molar-refractivity contribution in [2.75, 3.05) is 7.05 Å². The lowest BCUT2D eigenvalue weighted by atomic mass is 9.98. The van der Waals surface area contributed by atoms with E-state index in [9.17, 15) is 4.39 Å². The van der Waals surface area contributed by atoms with Crippen molar-refractivity contribution in [2.45, 2.75) is 13.3 Å². The van der Waals surface area contributed by atoms with Crippen LogP contribution in [0.25, 0.3) is 0 Å². The molecule has 1 nitrogen and oxygen atoms in total. The van der Waals surface area contributed by atoms with Crippen molar-refractivity contribution < 1.29 is 4.39 Å². The van der Waals surface area contributed by atoms with Gasteiger partial charge in [0.05, 0.1) is 0 Å². The molecular formula is C12H16FN. The number of nitrogens with one attached hydrogen (secondary N) is 1. The number of hydrogen-bond acceptors (Lipinski definition) is 1. The van der Waals surface area contributed by atoms with E-state index in [4.69, 9.17) is 0 Å². The highest BCUT2D eigenvalue weighted by molar-refractivity contribution is 5.19. The fraction of sp³-hybridized carbons (Fsp3) is 0.333. The molecule has 0 aromatic heterocycles. The normalized spacial score (nSPS) is 12.2. The lowest BCUT2D eigenvalue weighted by molar-refractivity contribution is 0.572. The summed E-state index contributed by atoms with van der Waals surface area (Å²) in [4.78, 5) is 0. The molecule has 1 aromatic rings. The second kappa shape index (κ2) is 4.80. The zero-order valence-electron chi connectivity index (χ0n) is 8.68. The van der Waals surface area contributed by atoms with Gasteiger partial charge in [-0.15, -0.1) is 0 Å². The first-order valence-corrected chi connectivity index (χ1v) is 4.75. The minimum atomic E-state index is -0.136. The summed E-state index contributed by atoms with van der Waals surface area (Å²) >= 11 is 0. The molecule has 1 rings (SSSR count). The second-order valence-corrected chi connectivity index (χ2v) is 3.47. The second-order valence-electron chi connectivity index (χ2n) is 3.47. The molecule has 1 unspecified atom stereocenters. The maximum atomic E-state index is 13.3. The lowest BCUT2D eigenvalue weighted by Gasteiger charge is -2.14. The number of benzene rings is 1. The van der Waals surface area contributed by atoms with Gasteiger partial charge in [-0.25, -0.2) is 4.39 Å². The number of allylic oxidation sites excluding steroid dienone is 1. The minimum Gasteiger partial charge on any atom is -0.392 e. The highest BCUT2D eigenvalue weighted by Crippen LogP contribution is 2.15. The fourth-order valence-electron chi connectivity index (χ4n) is 1.36. The van der Waals surface area contributed by atoms with Crippen LogP contribution in [0.3, 0.4) is 0 Å². The third-order valence-corrected chi connectivity index (χ3v) is 2.40. The molecule has 0 heterocycles. The molecule has 76 valence electrons. The number of hydrogen-bond donors (Lipinski definition) is 1. The minimum absolute atomic E-state index is 0.136. The van der Waals surface area contributed by atoms with Crippen LogP contribution in [0.4, 0.5) is 4.39 Å². The number of rotatable bonds is 4. The SMILES string of the molecule is C=C(NC)C(C)Cc1ccccc1F. The van der Waals surface area contributed by atoms with Gasteiger partial charge >= 0.3 is 0 Å². The van der Waals surface area contributed by atoms with Gasteiger partial charge < -0.3 is 5.32 Å². The summed E-state index contributed by atoms with van der Waals surface area (Å²) in [6.45, 7) is 5.90. The molecule has 0 aliphatic carbocycles. The van der Waals surface area contributed by atoms with Crippen LogP contribution in [-0.4, -0.2) is 7.05 Å². The van der Waals surface area contributed by atoms with Crippen molar-refractivity contribution in [1.82, 2.24) is 5.32 Å². The molecule has 0 saturated carbocycles. The Morgan fingerprint density at radius 3 is 2.71 bits per heavy atom. The van der Waals surface area contributed by atoms with E-state index in [1.165, 1.54) is 6.07 Å². The first-order chi connectivity index (χ1) is 6.65. The summed E-state index contributed by atoms with van der Waals surface area (Å²) in [6, 6.07) is 6.86. The topological polar surface area (TPSA) is 12.0 Å². The Morgan fingerprint density at radius 2 is 2.14 bits per heavy atom. The Labute approximate surface area is 84.6 Å². The molecule has 0 spiro atoms. The Kier molecular flexibility index (Phi) is 3.69. The Balaban J connectivity index is 2.69. The van der Waals surface area contributed by atoms with Crippen molar-refractivity contribution in [3.05, 3.63) is 47.9 Å². The highest BCUT2D eigenvalue weighted by Gasteiger charge is 2.08. The predicted molar refractivity (Wildman–Crippen MR) is 57.5 cm³/mol. The van der Waals surface area contributed by atoms with Crippen LogP contribution in [0.15, 0.2) is 36.5 Å². The summed E-state index contributed by atoms with van der Waals surface area (Å²) in [5.74, 6) is 0.111. The van der Waals surface area contributed by atoms with E-state index in [1.807, 2.05) is 26.1 Å². The molecule has 0 saturated heterocycles. The third-order valence-electron chi connectivity index (χ3n) is 2.40. The van der Waals surface area contributed by atoms with Gasteiger partial charge in [0.2, 0.25) is 0 Å². The molecule has 0 amide bonds. The van der Waals surface area contributed by atoms with E-state index in [0.29, 0.717) is 6.42 Å². The van der Waals surface area contributed by atoms with Crippen molar-refractivity contribution in [3.63, 3.8) is 0 Å². The monoisotopic (exact) mass is 193 g/mol. The van der Waals surface area contributed by atoms with Gasteiger partial charge in [-0.1, -0.05) is 31.7 Å². The van der Waals surface area contributed by atoms with Crippen LogP contribution in [0, 0.1) is 11.7 Å².